The van der Waals surface area contributed by atoms with E-state index in [9.17, 15) is 14.7 Å². The summed E-state index contributed by atoms with van der Waals surface area (Å²) in [6.45, 7) is 21.8. The van der Waals surface area contributed by atoms with Crippen molar-refractivity contribution >= 4 is 20.1 Å². The molecule has 1 aromatic rings. The lowest BCUT2D eigenvalue weighted by Crippen LogP contribution is -2.61. The van der Waals surface area contributed by atoms with E-state index in [2.05, 4.69) is 54.3 Å². The predicted molar refractivity (Wildman–Crippen MR) is 165 cm³/mol. The molecule has 0 spiro atoms. The number of esters is 1. The smallest absolute Gasteiger partial charge is 0.338 e. The summed E-state index contributed by atoms with van der Waals surface area (Å²) in [7, 11) is -2.25. The van der Waals surface area contributed by atoms with Gasteiger partial charge in [0.15, 0.2) is 0 Å². The van der Waals surface area contributed by atoms with Gasteiger partial charge in [-0.2, -0.15) is 0 Å². The molecule has 5 nitrogen and oxygen atoms in total. The molecule has 0 radical (unpaired) electrons. The summed E-state index contributed by atoms with van der Waals surface area (Å²) < 4.78 is 13.3. The van der Waals surface area contributed by atoms with Gasteiger partial charge in [0.05, 0.1) is 16.9 Å². The van der Waals surface area contributed by atoms with E-state index in [0.717, 1.165) is 29.7 Å². The van der Waals surface area contributed by atoms with E-state index in [1.54, 1.807) is 12.1 Å². The van der Waals surface area contributed by atoms with Crippen LogP contribution < -0.4 is 0 Å². The number of rotatable bonds is 5. The third-order valence-electron chi connectivity index (χ3n) is 12.2. The fourth-order valence-electron chi connectivity index (χ4n) is 8.27. The summed E-state index contributed by atoms with van der Waals surface area (Å²) in [5.41, 5.74) is 0.138. The molecular formula is C35H50O5Si. The Balaban J connectivity index is 1.59. The van der Waals surface area contributed by atoms with Crippen LogP contribution in [0.15, 0.2) is 53.8 Å². The van der Waals surface area contributed by atoms with Crippen molar-refractivity contribution in [3.8, 4) is 0 Å². The van der Waals surface area contributed by atoms with E-state index in [1.165, 1.54) is 0 Å². The SMILES string of the molecule is C=C(C)[C@H]1CC(=O)[C@@]2(C)[C@H](CC(O[Si](C)(C)C(C)(C)C)=C3[C@@H]2CC[C@]2(C)[C@@H](OC(=O)c4ccccc4)CC[C@]32O)C1. The molecule has 6 heteroatoms. The minimum absolute atomic E-state index is 0.0105. The molecule has 0 amide bonds. The normalized spacial score (nSPS) is 37.1. The van der Waals surface area contributed by atoms with E-state index in [1.807, 2.05) is 25.1 Å². The average Bonchev–Trinajstić information content (AvgIpc) is 3.15. The first kappa shape index (κ1) is 30.3. The van der Waals surface area contributed by atoms with Crippen molar-refractivity contribution in [3.05, 3.63) is 59.4 Å². The summed E-state index contributed by atoms with van der Waals surface area (Å²) >= 11 is 0. The fourth-order valence-corrected chi connectivity index (χ4v) is 9.38. The first-order chi connectivity index (χ1) is 19.0. The lowest BCUT2D eigenvalue weighted by molar-refractivity contribution is -0.151. The largest absolute Gasteiger partial charge is 0.546 e. The van der Waals surface area contributed by atoms with Gasteiger partial charge in [-0.15, -0.1) is 0 Å². The Morgan fingerprint density at radius 2 is 1.73 bits per heavy atom. The molecule has 4 aliphatic rings. The van der Waals surface area contributed by atoms with Crippen molar-refractivity contribution in [2.75, 3.05) is 0 Å². The van der Waals surface area contributed by atoms with Gasteiger partial charge in [0.25, 0.3) is 0 Å². The number of hydrogen-bond acceptors (Lipinski definition) is 5. The molecule has 7 atom stereocenters. The van der Waals surface area contributed by atoms with Crippen molar-refractivity contribution in [2.45, 2.75) is 116 Å². The van der Waals surface area contributed by atoms with Gasteiger partial charge in [-0.25, -0.2) is 4.79 Å². The van der Waals surface area contributed by atoms with Crippen molar-refractivity contribution in [1.29, 1.82) is 0 Å². The molecule has 3 fully saturated rings. The molecule has 224 valence electrons. The number of carbonyl (C=O) groups is 2. The molecule has 4 aliphatic carbocycles. The maximum atomic E-state index is 14.1. The van der Waals surface area contributed by atoms with E-state index < -0.39 is 30.9 Å². The molecule has 0 heterocycles. The maximum absolute atomic E-state index is 14.1. The lowest BCUT2D eigenvalue weighted by atomic mass is 9.46. The van der Waals surface area contributed by atoms with Crippen LogP contribution in [-0.2, 0) is 14.0 Å². The second kappa shape index (κ2) is 9.94. The summed E-state index contributed by atoms with van der Waals surface area (Å²) in [4.78, 5) is 27.2. The van der Waals surface area contributed by atoms with E-state index in [4.69, 9.17) is 9.16 Å². The zero-order chi connectivity index (χ0) is 30.2. The number of Topliss-reactive ketones (excluding diaryl/α,β-unsaturated/α-hetero) is 1. The van der Waals surface area contributed by atoms with Crippen LogP contribution in [0.1, 0.15) is 96.8 Å². The fraction of sp³-hybridized carbons (Fsp3) is 0.657. The van der Waals surface area contributed by atoms with Crippen LogP contribution >= 0.6 is 0 Å². The van der Waals surface area contributed by atoms with E-state index in [-0.39, 0.29) is 28.8 Å². The number of hydrogen-bond donors (Lipinski definition) is 1. The number of aliphatic hydroxyl groups is 1. The molecule has 0 bridgehead atoms. The van der Waals surface area contributed by atoms with E-state index in [0.29, 0.717) is 43.5 Å². The molecule has 1 N–H and O–H groups in total. The Kier molecular flexibility index (Phi) is 7.34. The number of benzene rings is 1. The molecule has 0 saturated heterocycles. The van der Waals surface area contributed by atoms with Crippen molar-refractivity contribution in [3.63, 3.8) is 0 Å². The monoisotopic (exact) mass is 578 g/mol. The zero-order valence-corrected chi connectivity index (χ0v) is 27.4. The Morgan fingerprint density at radius 3 is 2.34 bits per heavy atom. The number of allylic oxidation sites excluding steroid dienone is 2. The van der Waals surface area contributed by atoms with Crippen LogP contribution in [0.2, 0.25) is 18.1 Å². The second-order valence-electron chi connectivity index (χ2n) is 15.5. The van der Waals surface area contributed by atoms with Gasteiger partial charge in [-0.05, 0) is 87.0 Å². The van der Waals surface area contributed by atoms with Crippen molar-refractivity contribution < 1.29 is 23.9 Å². The molecule has 1 aromatic carbocycles. The standard InChI is InChI=1S/C35H50O5Si/c1-22(2)24-19-25-21-27(40-41(8,9)32(3,4)5)30-26(34(25,7)28(36)20-24)15-17-33(6)29(16-18-35(30,33)38)39-31(37)23-13-11-10-12-14-23/h10-14,24-26,29,38H,1,15-21H2,2-9H3/t24-,25+,26+,29+,33-,34+,35+/m1/s1. The predicted octanol–water partition coefficient (Wildman–Crippen LogP) is 8.01. The Bertz CT molecular complexity index is 1270. The van der Waals surface area contributed by atoms with Gasteiger partial charge >= 0.3 is 5.97 Å². The second-order valence-corrected chi connectivity index (χ2v) is 20.2. The lowest BCUT2D eigenvalue weighted by Gasteiger charge is -2.60. The van der Waals surface area contributed by atoms with Crippen LogP contribution in [0.3, 0.4) is 0 Å². The molecule has 5 rings (SSSR count). The molecular weight excluding hydrogens is 528 g/mol. The summed E-state index contributed by atoms with van der Waals surface area (Å²) in [5, 5.41) is 12.9. The molecule has 0 aliphatic heterocycles. The Hall–Kier alpha value is -2.18. The third kappa shape index (κ3) is 4.59. The van der Waals surface area contributed by atoms with Crippen LogP contribution in [0.5, 0.6) is 0 Å². The van der Waals surface area contributed by atoms with Gasteiger partial charge in [-0.1, -0.05) is 65.0 Å². The van der Waals surface area contributed by atoms with Crippen LogP contribution in [-0.4, -0.2) is 36.9 Å². The molecule has 41 heavy (non-hydrogen) atoms. The van der Waals surface area contributed by atoms with Crippen molar-refractivity contribution in [1.82, 2.24) is 0 Å². The Labute approximate surface area is 247 Å². The van der Waals surface area contributed by atoms with Gasteiger partial charge in [0.2, 0.25) is 8.32 Å². The van der Waals surface area contributed by atoms with Crippen LogP contribution in [0.25, 0.3) is 0 Å². The summed E-state index contributed by atoms with van der Waals surface area (Å²) in [6, 6.07) is 9.09. The number of fused-ring (bicyclic) bond motifs is 5. The highest BCUT2D eigenvalue weighted by atomic mass is 28.4. The highest BCUT2D eigenvalue weighted by Gasteiger charge is 2.69. The highest BCUT2D eigenvalue weighted by molar-refractivity contribution is 6.74. The first-order valence-electron chi connectivity index (χ1n) is 15.6. The number of ether oxygens (including phenoxy) is 1. The number of carbonyl (C=O) groups excluding carboxylic acids is 2. The number of ketones is 1. The zero-order valence-electron chi connectivity index (χ0n) is 26.4. The van der Waals surface area contributed by atoms with Crippen LogP contribution in [0.4, 0.5) is 0 Å². The highest BCUT2D eigenvalue weighted by Crippen LogP contribution is 2.68. The molecule has 3 saturated carbocycles. The van der Waals surface area contributed by atoms with Gasteiger partial charge in [0.1, 0.15) is 11.9 Å². The molecule has 0 unspecified atom stereocenters. The minimum Gasteiger partial charge on any atom is -0.546 e. The topological polar surface area (TPSA) is 72.8 Å². The maximum Gasteiger partial charge on any atom is 0.338 e. The van der Waals surface area contributed by atoms with Gasteiger partial charge in [0, 0.05) is 29.2 Å². The van der Waals surface area contributed by atoms with E-state index >= 15 is 0 Å². The minimum atomic E-state index is -2.25. The third-order valence-corrected chi connectivity index (χ3v) is 16.6. The van der Waals surface area contributed by atoms with Gasteiger partial charge < -0.3 is 14.3 Å². The van der Waals surface area contributed by atoms with Crippen LogP contribution in [0, 0.1) is 28.6 Å². The Morgan fingerprint density at radius 1 is 1.07 bits per heavy atom. The summed E-state index contributed by atoms with van der Waals surface area (Å²) in [5.74, 6) is 1.14. The summed E-state index contributed by atoms with van der Waals surface area (Å²) in [6.07, 6.45) is 4.25. The quantitative estimate of drug-likeness (QED) is 0.218. The first-order valence-corrected chi connectivity index (χ1v) is 18.5. The average molecular weight is 579 g/mol. The van der Waals surface area contributed by atoms with Gasteiger partial charge in [-0.3, -0.25) is 4.79 Å². The molecule has 0 aromatic heterocycles. The van der Waals surface area contributed by atoms with Crippen molar-refractivity contribution in [2.24, 2.45) is 28.6 Å².